The third-order valence-electron chi connectivity index (χ3n) is 3.00. The van der Waals surface area contributed by atoms with E-state index < -0.39 is 5.56 Å². The van der Waals surface area contributed by atoms with Gasteiger partial charge in [0.2, 0.25) is 5.88 Å². The third kappa shape index (κ3) is 2.08. The second-order valence-corrected chi connectivity index (χ2v) is 4.75. The molecule has 1 aromatic heterocycles. The van der Waals surface area contributed by atoms with Crippen molar-refractivity contribution in [2.24, 2.45) is 0 Å². The SMILES string of the molecule is Cc1c(O)nc(-c2cc(Cl)c3c(c2)OCCO3)[nH]c1=O. The fraction of sp³-hybridized carbons (Fsp3) is 0.231. The monoisotopic (exact) mass is 294 g/mol. The van der Waals surface area contributed by atoms with Crippen LogP contribution in [0.4, 0.5) is 0 Å². The molecular formula is C13H11ClN2O4. The van der Waals surface area contributed by atoms with E-state index in [1.54, 1.807) is 12.1 Å². The number of nitrogens with one attached hydrogen (secondary N) is 1. The summed E-state index contributed by atoms with van der Waals surface area (Å²) in [5.41, 5.74) is 0.294. The van der Waals surface area contributed by atoms with E-state index in [1.807, 2.05) is 0 Å². The van der Waals surface area contributed by atoms with E-state index in [2.05, 4.69) is 9.97 Å². The van der Waals surface area contributed by atoms with Crippen LogP contribution >= 0.6 is 11.6 Å². The van der Waals surface area contributed by atoms with Crippen molar-refractivity contribution >= 4 is 11.6 Å². The van der Waals surface area contributed by atoms with Gasteiger partial charge in [0.1, 0.15) is 19.0 Å². The quantitative estimate of drug-likeness (QED) is 0.839. The average Bonchev–Trinajstić information content (AvgIpc) is 2.44. The fourth-order valence-corrected chi connectivity index (χ4v) is 2.17. The number of rotatable bonds is 1. The van der Waals surface area contributed by atoms with Crippen molar-refractivity contribution in [3.8, 4) is 28.8 Å². The van der Waals surface area contributed by atoms with Gasteiger partial charge in [-0.15, -0.1) is 0 Å². The van der Waals surface area contributed by atoms with Crippen LogP contribution in [0.15, 0.2) is 16.9 Å². The molecule has 0 spiro atoms. The van der Waals surface area contributed by atoms with E-state index in [4.69, 9.17) is 21.1 Å². The van der Waals surface area contributed by atoms with Gasteiger partial charge in [0.25, 0.3) is 5.56 Å². The first kappa shape index (κ1) is 12.8. The minimum absolute atomic E-state index is 0.164. The van der Waals surface area contributed by atoms with Crippen molar-refractivity contribution in [3.63, 3.8) is 0 Å². The van der Waals surface area contributed by atoms with Crippen LogP contribution in [0, 0.1) is 6.92 Å². The number of aromatic hydroxyl groups is 1. The Morgan fingerprint density at radius 2 is 2.10 bits per heavy atom. The standard InChI is InChI=1S/C13H11ClN2O4/c1-6-12(17)15-11(16-13(6)18)7-4-8(14)10-9(5-7)19-2-3-20-10/h4-5H,2-3H2,1H3,(H2,15,16,17,18). The summed E-state index contributed by atoms with van der Waals surface area (Å²) in [6.07, 6.45) is 0. The highest BCUT2D eigenvalue weighted by atomic mass is 35.5. The van der Waals surface area contributed by atoms with Crippen molar-refractivity contribution in [2.45, 2.75) is 6.92 Å². The number of aromatic amines is 1. The van der Waals surface area contributed by atoms with Crippen LogP contribution in [-0.4, -0.2) is 28.3 Å². The molecule has 0 radical (unpaired) electrons. The predicted molar refractivity (Wildman–Crippen MR) is 72.7 cm³/mol. The first-order valence-corrected chi connectivity index (χ1v) is 6.33. The van der Waals surface area contributed by atoms with E-state index in [0.717, 1.165) is 0 Å². The first-order valence-electron chi connectivity index (χ1n) is 5.95. The molecule has 3 rings (SSSR count). The number of nitrogens with zero attached hydrogens (tertiary/aromatic N) is 1. The van der Waals surface area contributed by atoms with Crippen LogP contribution in [0.1, 0.15) is 5.56 Å². The molecule has 2 aromatic rings. The van der Waals surface area contributed by atoms with Crippen molar-refractivity contribution in [3.05, 3.63) is 33.1 Å². The molecular weight excluding hydrogens is 284 g/mol. The Balaban J connectivity index is 2.16. The van der Waals surface area contributed by atoms with Crippen molar-refractivity contribution in [2.75, 3.05) is 13.2 Å². The Kier molecular flexibility index (Phi) is 3.02. The average molecular weight is 295 g/mol. The van der Waals surface area contributed by atoms with Crippen LogP contribution < -0.4 is 15.0 Å². The van der Waals surface area contributed by atoms with Gasteiger partial charge in [0.05, 0.1) is 10.6 Å². The molecule has 0 saturated heterocycles. The first-order chi connectivity index (χ1) is 9.56. The smallest absolute Gasteiger partial charge is 0.257 e. The number of hydrogen-bond donors (Lipinski definition) is 2. The van der Waals surface area contributed by atoms with Gasteiger partial charge >= 0.3 is 0 Å². The molecule has 1 aliphatic heterocycles. The van der Waals surface area contributed by atoms with Crippen LogP contribution in [0.25, 0.3) is 11.4 Å². The van der Waals surface area contributed by atoms with Crippen LogP contribution in [0.2, 0.25) is 5.02 Å². The molecule has 6 nitrogen and oxygen atoms in total. The van der Waals surface area contributed by atoms with Crippen LogP contribution in [-0.2, 0) is 0 Å². The lowest BCUT2D eigenvalue weighted by atomic mass is 10.1. The summed E-state index contributed by atoms with van der Waals surface area (Å²) in [6.45, 7) is 2.35. The molecule has 104 valence electrons. The highest BCUT2D eigenvalue weighted by Crippen LogP contribution is 2.40. The van der Waals surface area contributed by atoms with Gasteiger partial charge in [0.15, 0.2) is 11.5 Å². The van der Waals surface area contributed by atoms with Gasteiger partial charge in [-0.05, 0) is 19.1 Å². The number of ether oxygens (including phenoxy) is 2. The normalized spacial score (nSPS) is 13.3. The number of fused-ring (bicyclic) bond motifs is 1. The van der Waals surface area contributed by atoms with E-state index in [0.29, 0.717) is 35.3 Å². The molecule has 0 atom stereocenters. The number of hydrogen-bond acceptors (Lipinski definition) is 5. The number of benzene rings is 1. The zero-order chi connectivity index (χ0) is 14.3. The Morgan fingerprint density at radius 3 is 2.85 bits per heavy atom. The van der Waals surface area contributed by atoms with Crippen molar-refractivity contribution < 1.29 is 14.6 Å². The number of H-pyrrole nitrogens is 1. The second kappa shape index (κ2) is 4.72. The molecule has 0 saturated carbocycles. The molecule has 0 aliphatic carbocycles. The predicted octanol–water partition coefficient (Wildman–Crippen LogP) is 1.88. The minimum Gasteiger partial charge on any atom is -0.493 e. The van der Waals surface area contributed by atoms with Gasteiger partial charge < -0.3 is 19.6 Å². The van der Waals surface area contributed by atoms with Crippen molar-refractivity contribution in [1.82, 2.24) is 9.97 Å². The highest BCUT2D eigenvalue weighted by molar-refractivity contribution is 6.32. The van der Waals surface area contributed by atoms with Gasteiger partial charge in [-0.1, -0.05) is 11.6 Å². The van der Waals surface area contributed by atoms with Gasteiger partial charge in [-0.3, -0.25) is 4.79 Å². The lowest BCUT2D eigenvalue weighted by Gasteiger charge is -2.20. The zero-order valence-electron chi connectivity index (χ0n) is 10.6. The van der Waals surface area contributed by atoms with E-state index in [-0.39, 0.29) is 17.3 Å². The molecule has 1 aliphatic rings. The Hall–Kier alpha value is -2.21. The van der Waals surface area contributed by atoms with Crippen LogP contribution in [0.3, 0.4) is 0 Å². The summed E-state index contributed by atoms with van der Waals surface area (Å²) >= 11 is 6.12. The summed E-state index contributed by atoms with van der Waals surface area (Å²) < 4.78 is 10.9. The number of halogens is 1. The zero-order valence-corrected chi connectivity index (χ0v) is 11.3. The van der Waals surface area contributed by atoms with Gasteiger partial charge in [-0.25, -0.2) is 0 Å². The largest absolute Gasteiger partial charge is 0.493 e. The fourth-order valence-electron chi connectivity index (χ4n) is 1.90. The summed E-state index contributed by atoms with van der Waals surface area (Å²) in [6, 6.07) is 3.26. The summed E-state index contributed by atoms with van der Waals surface area (Å²) in [5, 5.41) is 9.99. The summed E-state index contributed by atoms with van der Waals surface area (Å²) in [4.78, 5) is 18.2. The molecule has 0 unspecified atom stereocenters. The Bertz CT molecular complexity index is 742. The van der Waals surface area contributed by atoms with E-state index in [9.17, 15) is 9.90 Å². The maximum Gasteiger partial charge on any atom is 0.257 e. The van der Waals surface area contributed by atoms with E-state index >= 15 is 0 Å². The van der Waals surface area contributed by atoms with Gasteiger partial charge in [-0.2, -0.15) is 4.98 Å². The maximum atomic E-state index is 11.7. The second-order valence-electron chi connectivity index (χ2n) is 4.35. The molecule has 0 bridgehead atoms. The van der Waals surface area contributed by atoms with Crippen molar-refractivity contribution in [1.29, 1.82) is 0 Å². The minimum atomic E-state index is -0.404. The lowest BCUT2D eigenvalue weighted by molar-refractivity contribution is 0.172. The van der Waals surface area contributed by atoms with Crippen LogP contribution in [0.5, 0.6) is 17.4 Å². The topological polar surface area (TPSA) is 84.4 Å². The molecule has 1 aromatic carbocycles. The molecule has 0 fully saturated rings. The van der Waals surface area contributed by atoms with E-state index in [1.165, 1.54) is 6.92 Å². The molecule has 0 amide bonds. The third-order valence-corrected chi connectivity index (χ3v) is 3.28. The Morgan fingerprint density at radius 1 is 1.35 bits per heavy atom. The molecule has 7 heteroatoms. The summed E-state index contributed by atoms with van der Waals surface area (Å²) in [7, 11) is 0. The Labute approximate surface area is 119 Å². The molecule has 2 N–H and O–H groups in total. The lowest BCUT2D eigenvalue weighted by Crippen LogP contribution is -2.16. The molecule has 20 heavy (non-hydrogen) atoms. The number of aromatic nitrogens is 2. The van der Waals surface area contributed by atoms with Gasteiger partial charge in [0, 0.05) is 5.56 Å². The maximum absolute atomic E-state index is 11.7. The highest BCUT2D eigenvalue weighted by Gasteiger charge is 2.18. The summed E-state index contributed by atoms with van der Waals surface area (Å²) in [5.74, 6) is 0.869. The molecule has 2 heterocycles.